The van der Waals surface area contributed by atoms with E-state index in [1.165, 1.54) is 4.52 Å². The predicted molar refractivity (Wildman–Crippen MR) is 93.9 cm³/mol. The van der Waals surface area contributed by atoms with E-state index in [2.05, 4.69) is 20.5 Å². The Kier molecular flexibility index (Phi) is 3.08. The zero-order valence-electron chi connectivity index (χ0n) is 13.7. The summed E-state index contributed by atoms with van der Waals surface area (Å²) in [4.78, 5) is 0. The van der Waals surface area contributed by atoms with Gasteiger partial charge in [-0.1, -0.05) is 53.7 Å². The van der Waals surface area contributed by atoms with E-state index in [0.29, 0.717) is 39.3 Å². The van der Waals surface area contributed by atoms with Crippen LogP contribution in [0.15, 0.2) is 59.1 Å². The first-order chi connectivity index (χ1) is 12.7. The van der Waals surface area contributed by atoms with Gasteiger partial charge in [0.2, 0.25) is 5.95 Å². The summed E-state index contributed by atoms with van der Waals surface area (Å²) < 4.78 is 21.3. The van der Waals surface area contributed by atoms with E-state index >= 15 is 0 Å². The molecule has 3 aromatic heterocycles. The highest BCUT2D eigenvalue weighted by Crippen LogP contribution is 2.34. The molecule has 0 fully saturated rings. The van der Waals surface area contributed by atoms with E-state index in [0.717, 1.165) is 5.56 Å². The molecule has 0 amide bonds. The van der Waals surface area contributed by atoms with Crippen LogP contribution in [0.4, 0.5) is 4.39 Å². The molecule has 0 N–H and O–H groups in total. The van der Waals surface area contributed by atoms with E-state index in [4.69, 9.17) is 4.52 Å². The molecule has 0 aliphatic rings. The Hall–Kier alpha value is -3.61. The highest BCUT2D eigenvalue weighted by molar-refractivity contribution is 5.94. The predicted octanol–water partition coefficient (Wildman–Crippen LogP) is 4.05. The van der Waals surface area contributed by atoms with Crippen molar-refractivity contribution in [2.75, 3.05) is 0 Å². The molecule has 3 heterocycles. The van der Waals surface area contributed by atoms with Crippen molar-refractivity contribution in [2.45, 2.75) is 6.92 Å². The Morgan fingerprint density at radius 3 is 2.46 bits per heavy atom. The molecule has 2 aromatic carbocycles. The van der Waals surface area contributed by atoms with Gasteiger partial charge in [0.1, 0.15) is 11.5 Å². The SMILES string of the molecule is Cc1onc(-c2ccccc2)c1-c1nnc2c3ccccc3c(F)nn12. The summed E-state index contributed by atoms with van der Waals surface area (Å²) in [6.45, 7) is 1.78. The fourth-order valence-electron chi connectivity index (χ4n) is 3.13. The summed E-state index contributed by atoms with van der Waals surface area (Å²) >= 11 is 0. The van der Waals surface area contributed by atoms with Crippen molar-refractivity contribution < 1.29 is 8.91 Å². The Labute approximate surface area is 146 Å². The lowest BCUT2D eigenvalue weighted by atomic mass is 10.1. The second kappa shape index (κ2) is 5.45. The minimum Gasteiger partial charge on any atom is -0.360 e. The topological polar surface area (TPSA) is 69.1 Å². The van der Waals surface area contributed by atoms with Crippen molar-refractivity contribution in [1.82, 2.24) is 25.0 Å². The van der Waals surface area contributed by atoms with Gasteiger partial charge < -0.3 is 4.52 Å². The molecular weight excluding hydrogens is 333 g/mol. The number of rotatable bonds is 2. The molecule has 0 aliphatic carbocycles. The molecular formula is C19H12FN5O. The van der Waals surface area contributed by atoms with Crippen LogP contribution >= 0.6 is 0 Å². The van der Waals surface area contributed by atoms with Gasteiger partial charge >= 0.3 is 0 Å². The summed E-state index contributed by atoms with van der Waals surface area (Å²) in [6.07, 6.45) is 0. The highest BCUT2D eigenvalue weighted by Gasteiger charge is 2.23. The third kappa shape index (κ3) is 2.03. The molecule has 5 rings (SSSR count). The van der Waals surface area contributed by atoms with Crippen LogP contribution in [-0.4, -0.2) is 25.0 Å². The van der Waals surface area contributed by atoms with Crippen LogP contribution in [-0.2, 0) is 0 Å². The Morgan fingerprint density at radius 1 is 0.923 bits per heavy atom. The van der Waals surface area contributed by atoms with Crippen molar-refractivity contribution in [1.29, 1.82) is 0 Å². The van der Waals surface area contributed by atoms with Crippen molar-refractivity contribution in [3.05, 3.63) is 66.3 Å². The first-order valence-corrected chi connectivity index (χ1v) is 8.06. The molecule has 0 aliphatic heterocycles. The second-order valence-corrected chi connectivity index (χ2v) is 5.92. The molecule has 0 bridgehead atoms. The lowest BCUT2D eigenvalue weighted by Gasteiger charge is -2.03. The van der Waals surface area contributed by atoms with E-state index in [-0.39, 0.29) is 0 Å². The minimum atomic E-state index is -0.579. The number of aryl methyl sites for hydroxylation is 1. The van der Waals surface area contributed by atoms with Gasteiger partial charge in [-0.25, -0.2) is 0 Å². The molecule has 0 spiro atoms. The first kappa shape index (κ1) is 14.7. The van der Waals surface area contributed by atoms with E-state index in [9.17, 15) is 4.39 Å². The smallest absolute Gasteiger partial charge is 0.239 e. The average molecular weight is 345 g/mol. The minimum absolute atomic E-state index is 0.391. The molecule has 5 aromatic rings. The largest absolute Gasteiger partial charge is 0.360 e. The van der Waals surface area contributed by atoms with Crippen molar-refractivity contribution in [3.63, 3.8) is 0 Å². The molecule has 6 nitrogen and oxygen atoms in total. The molecule has 0 radical (unpaired) electrons. The molecule has 0 saturated heterocycles. The van der Waals surface area contributed by atoms with Gasteiger partial charge in [-0.05, 0) is 13.0 Å². The standard InChI is InChI=1S/C19H12FN5O/c1-11-15(16(24-26-11)12-7-3-2-4-8-12)19-22-21-18-14-10-6-5-9-13(14)17(20)23-25(18)19/h2-10H,1H3. The lowest BCUT2D eigenvalue weighted by Crippen LogP contribution is -2.00. The highest BCUT2D eigenvalue weighted by atomic mass is 19.1. The van der Waals surface area contributed by atoms with Gasteiger partial charge in [0.25, 0.3) is 0 Å². The van der Waals surface area contributed by atoms with E-state index < -0.39 is 5.95 Å². The summed E-state index contributed by atoms with van der Waals surface area (Å²) in [5.74, 6) is 0.375. The van der Waals surface area contributed by atoms with Gasteiger partial charge in [-0.3, -0.25) is 0 Å². The van der Waals surface area contributed by atoms with E-state index in [1.807, 2.05) is 36.4 Å². The van der Waals surface area contributed by atoms with E-state index in [1.54, 1.807) is 25.1 Å². The van der Waals surface area contributed by atoms with Gasteiger partial charge in [0, 0.05) is 16.3 Å². The third-order valence-electron chi connectivity index (χ3n) is 4.35. The first-order valence-electron chi connectivity index (χ1n) is 8.06. The summed E-state index contributed by atoms with van der Waals surface area (Å²) in [7, 11) is 0. The summed E-state index contributed by atoms with van der Waals surface area (Å²) in [5.41, 5.74) is 2.62. The molecule has 7 heteroatoms. The zero-order chi connectivity index (χ0) is 17.7. The Morgan fingerprint density at radius 2 is 1.65 bits per heavy atom. The van der Waals surface area contributed by atoms with Crippen LogP contribution in [0.2, 0.25) is 0 Å². The quantitative estimate of drug-likeness (QED) is 0.483. The summed E-state index contributed by atoms with van der Waals surface area (Å²) in [6, 6.07) is 16.7. The number of aromatic nitrogens is 5. The molecule has 26 heavy (non-hydrogen) atoms. The van der Waals surface area contributed by atoms with Crippen molar-refractivity contribution in [2.24, 2.45) is 0 Å². The number of hydrogen-bond acceptors (Lipinski definition) is 5. The fraction of sp³-hybridized carbons (Fsp3) is 0.0526. The van der Waals surface area contributed by atoms with Gasteiger partial charge in [-0.2, -0.15) is 8.91 Å². The third-order valence-corrected chi connectivity index (χ3v) is 4.35. The van der Waals surface area contributed by atoms with Crippen LogP contribution in [0.25, 0.3) is 39.1 Å². The number of nitrogens with zero attached hydrogens (tertiary/aromatic N) is 5. The number of benzene rings is 2. The molecule has 126 valence electrons. The van der Waals surface area contributed by atoms with Crippen molar-refractivity contribution in [3.8, 4) is 22.6 Å². The maximum atomic E-state index is 14.5. The van der Waals surface area contributed by atoms with Crippen LogP contribution in [0.1, 0.15) is 5.76 Å². The number of fused-ring (bicyclic) bond motifs is 3. The average Bonchev–Trinajstić information content (AvgIpc) is 3.26. The monoisotopic (exact) mass is 345 g/mol. The van der Waals surface area contributed by atoms with Gasteiger partial charge in [0.15, 0.2) is 11.5 Å². The van der Waals surface area contributed by atoms with Gasteiger partial charge in [0.05, 0.1) is 5.56 Å². The Bertz CT molecular complexity index is 1260. The van der Waals surface area contributed by atoms with Crippen LogP contribution in [0, 0.1) is 12.9 Å². The normalized spacial score (nSPS) is 11.5. The molecule has 0 atom stereocenters. The lowest BCUT2D eigenvalue weighted by molar-refractivity contribution is 0.400. The van der Waals surface area contributed by atoms with Gasteiger partial charge in [-0.15, -0.1) is 15.3 Å². The molecule has 0 saturated carbocycles. The molecule has 0 unspecified atom stereocenters. The van der Waals surface area contributed by atoms with Crippen molar-refractivity contribution >= 4 is 16.4 Å². The van der Waals surface area contributed by atoms with Crippen LogP contribution in [0.3, 0.4) is 0 Å². The Balaban J connectivity index is 1.83. The number of halogens is 1. The maximum Gasteiger partial charge on any atom is 0.239 e. The zero-order valence-corrected chi connectivity index (χ0v) is 13.7. The maximum absolute atomic E-state index is 14.5. The summed E-state index contributed by atoms with van der Waals surface area (Å²) in [5, 5.41) is 17.8. The fourth-order valence-corrected chi connectivity index (χ4v) is 3.13. The van der Waals surface area contributed by atoms with Crippen LogP contribution in [0.5, 0.6) is 0 Å². The number of hydrogen-bond donors (Lipinski definition) is 0. The second-order valence-electron chi connectivity index (χ2n) is 5.92. The van der Waals surface area contributed by atoms with Crippen LogP contribution < -0.4 is 0 Å².